The molecule has 31 heavy (non-hydrogen) atoms. The van der Waals surface area contributed by atoms with Crippen LogP contribution in [0.1, 0.15) is 69.2 Å². The molecule has 2 aromatic carbocycles. The van der Waals surface area contributed by atoms with Crippen LogP contribution in [0.15, 0.2) is 42.0 Å². The van der Waals surface area contributed by atoms with Gasteiger partial charge in [-0.25, -0.2) is 0 Å². The fraction of sp³-hybridized carbons (Fsp3) is 0.407. The molecule has 162 valence electrons. The van der Waals surface area contributed by atoms with Gasteiger partial charge >= 0.3 is 0 Å². The fourth-order valence-corrected chi connectivity index (χ4v) is 4.85. The summed E-state index contributed by atoms with van der Waals surface area (Å²) in [6.07, 6.45) is 3.61. The smallest absolute Gasteiger partial charge is 0.266 e. The van der Waals surface area contributed by atoms with Crippen molar-refractivity contribution in [1.82, 2.24) is 0 Å². The Balaban J connectivity index is 1.98. The second-order valence-electron chi connectivity index (χ2n) is 9.06. The zero-order chi connectivity index (χ0) is 22.8. The Morgan fingerprint density at radius 2 is 2.00 bits per heavy atom. The Hall–Kier alpha value is -3.06. The number of nitriles is 1. The summed E-state index contributed by atoms with van der Waals surface area (Å²) in [5, 5.41) is 12.6. The van der Waals surface area contributed by atoms with Crippen molar-refractivity contribution < 1.29 is 4.79 Å². The van der Waals surface area contributed by atoms with Crippen LogP contribution < -0.4 is 10.2 Å². The number of benzene rings is 2. The second kappa shape index (κ2) is 8.98. The van der Waals surface area contributed by atoms with Crippen LogP contribution in [0.25, 0.3) is 6.08 Å². The van der Waals surface area contributed by atoms with Crippen molar-refractivity contribution in [3.63, 3.8) is 0 Å². The van der Waals surface area contributed by atoms with Gasteiger partial charge in [-0.2, -0.15) is 5.26 Å². The molecule has 0 saturated heterocycles. The van der Waals surface area contributed by atoms with E-state index in [1.165, 1.54) is 11.3 Å². The lowest BCUT2D eigenvalue weighted by Crippen LogP contribution is -2.48. The van der Waals surface area contributed by atoms with Crippen molar-refractivity contribution in [3.05, 3.63) is 64.2 Å². The lowest BCUT2D eigenvalue weighted by Gasteiger charge is -2.47. The monoisotopic (exact) mass is 415 g/mol. The average molecular weight is 416 g/mol. The van der Waals surface area contributed by atoms with Crippen molar-refractivity contribution >= 4 is 23.4 Å². The molecule has 1 N–H and O–H groups in total. The van der Waals surface area contributed by atoms with E-state index in [0.29, 0.717) is 5.92 Å². The van der Waals surface area contributed by atoms with E-state index in [2.05, 4.69) is 56.1 Å². The number of carbonyl (C=O) groups is 1. The molecule has 4 heteroatoms. The zero-order valence-electron chi connectivity index (χ0n) is 19.5. The Morgan fingerprint density at radius 1 is 1.29 bits per heavy atom. The highest BCUT2D eigenvalue weighted by Gasteiger charge is 2.35. The van der Waals surface area contributed by atoms with E-state index in [1.807, 2.05) is 38.1 Å². The maximum Gasteiger partial charge on any atom is 0.266 e. The number of anilines is 2. The molecule has 1 amide bonds. The molecule has 4 nitrogen and oxygen atoms in total. The SMILES string of the molecule is CCc1ccccc1NC(=O)/C(C#N)=C\c1cc2c(cc1C)N(CC)C(C)(C)C[C@@H]2C. The lowest BCUT2D eigenvalue weighted by molar-refractivity contribution is -0.112. The van der Waals surface area contributed by atoms with E-state index >= 15 is 0 Å². The molecule has 0 spiro atoms. The number of amides is 1. The van der Waals surface area contributed by atoms with Gasteiger partial charge in [0.05, 0.1) is 0 Å². The highest BCUT2D eigenvalue weighted by Crippen LogP contribution is 2.44. The molecule has 1 heterocycles. The molecule has 3 rings (SSSR count). The molecule has 1 atom stereocenters. The summed E-state index contributed by atoms with van der Waals surface area (Å²) in [5.41, 5.74) is 6.57. The maximum atomic E-state index is 12.9. The number of fused-ring (bicyclic) bond motifs is 1. The molecule has 0 unspecified atom stereocenters. The number of carbonyl (C=O) groups excluding carboxylic acids is 1. The number of para-hydroxylation sites is 1. The minimum Gasteiger partial charge on any atom is -0.366 e. The third-order valence-electron chi connectivity index (χ3n) is 6.40. The summed E-state index contributed by atoms with van der Waals surface area (Å²) in [6.45, 7) is 14.1. The van der Waals surface area contributed by atoms with Crippen LogP contribution in [0.4, 0.5) is 11.4 Å². The van der Waals surface area contributed by atoms with Gasteiger partial charge in [-0.05, 0) is 93.0 Å². The maximum absolute atomic E-state index is 12.9. The Kier molecular flexibility index (Phi) is 6.55. The highest BCUT2D eigenvalue weighted by molar-refractivity contribution is 6.10. The number of nitrogens with one attached hydrogen (secondary N) is 1. The Morgan fingerprint density at radius 3 is 2.65 bits per heavy atom. The molecule has 1 aliphatic rings. The number of aryl methyl sites for hydroxylation is 2. The van der Waals surface area contributed by atoms with Crippen molar-refractivity contribution in [2.45, 2.75) is 65.8 Å². The van der Waals surface area contributed by atoms with Crippen molar-refractivity contribution in [2.24, 2.45) is 0 Å². The standard InChI is InChI=1S/C27H33N3O/c1-7-20-11-9-10-12-24(20)29-26(31)22(17-28)14-21-15-23-19(4)16-27(5,6)30(8-2)25(23)13-18(21)3/h9-15,19H,7-8,16H2,1-6H3,(H,29,31)/b22-14-/t19-/m0/s1. The zero-order valence-corrected chi connectivity index (χ0v) is 19.5. The molecule has 1 aliphatic heterocycles. The summed E-state index contributed by atoms with van der Waals surface area (Å²) in [5.74, 6) is 0.0428. The van der Waals surface area contributed by atoms with Gasteiger partial charge in [0.25, 0.3) is 5.91 Å². The van der Waals surface area contributed by atoms with Crippen LogP contribution in [0.2, 0.25) is 0 Å². The van der Waals surface area contributed by atoms with E-state index in [4.69, 9.17) is 0 Å². The fourth-order valence-electron chi connectivity index (χ4n) is 4.85. The van der Waals surface area contributed by atoms with Gasteiger partial charge in [0.1, 0.15) is 11.6 Å². The van der Waals surface area contributed by atoms with Crippen molar-refractivity contribution in [2.75, 3.05) is 16.8 Å². The predicted molar refractivity (Wildman–Crippen MR) is 129 cm³/mol. The van der Waals surface area contributed by atoms with Crippen LogP contribution in [0, 0.1) is 18.3 Å². The molecule has 0 aromatic heterocycles. The van der Waals surface area contributed by atoms with Crippen LogP contribution in [-0.4, -0.2) is 18.0 Å². The second-order valence-corrected chi connectivity index (χ2v) is 9.06. The van der Waals surface area contributed by atoms with Gasteiger partial charge in [-0.3, -0.25) is 4.79 Å². The first kappa shape index (κ1) is 22.6. The molecule has 2 aromatic rings. The first-order chi connectivity index (χ1) is 14.7. The van der Waals surface area contributed by atoms with Crippen LogP contribution in [-0.2, 0) is 11.2 Å². The van der Waals surface area contributed by atoms with Gasteiger partial charge < -0.3 is 10.2 Å². The molecule has 0 radical (unpaired) electrons. The van der Waals surface area contributed by atoms with Crippen LogP contribution in [0.5, 0.6) is 0 Å². The van der Waals surface area contributed by atoms with E-state index in [0.717, 1.165) is 41.8 Å². The number of hydrogen-bond acceptors (Lipinski definition) is 3. The first-order valence-corrected chi connectivity index (χ1v) is 11.1. The predicted octanol–water partition coefficient (Wildman–Crippen LogP) is 6.22. The normalized spacial score (nSPS) is 17.6. The summed E-state index contributed by atoms with van der Waals surface area (Å²) in [7, 11) is 0. The average Bonchev–Trinajstić information content (AvgIpc) is 2.72. The van der Waals surface area contributed by atoms with E-state index in [1.54, 1.807) is 6.08 Å². The summed E-state index contributed by atoms with van der Waals surface area (Å²) in [6, 6.07) is 14.2. The van der Waals surface area contributed by atoms with E-state index in [9.17, 15) is 10.1 Å². The van der Waals surface area contributed by atoms with Gasteiger partial charge in [0.15, 0.2) is 0 Å². The van der Waals surface area contributed by atoms with Crippen LogP contribution >= 0.6 is 0 Å². The summed E-state index contributed by atoms with van der Waals surface area (Å²) in [4.78, 5) is 15.3. The third-order valence-corrected chi connectivity index (χ3v) is 6.40. The van der Waals surface area contributed by atoms with Crippen LogP contribution in [0.3, 0.4) is 0 Å². The Bertz CT molecular complexity index is 1060. The molecule has 0 saturated carbocycles. The van der Waals surface area contributed by atoms with E-state index < -0.39 is 0 Å². The topological polar surface area (TPSA) is 56.1 Å². The van der Waals surface area contributed by atoms with Gasteiger partial charge in [0, 0.05) is 23.5 Å². The molecule has 0 bridgehead atoms. The van der Waals surface area contributed by atoms with E-state index in [-0.39, 0.29) is 17.0 Å². The number of nitrogens with zero attached hydrogens (tertiary/aromatic N) is 2. The lowest BCUT2D eigenvalue weighted by atomic mass is 9.79. The molecule has 0 fully saturated rings. The largest absolute Gasteiger partial charge is 0.366 e. The minimum absolute atomic E-state index is 0.106. The molecular formula is C27H33N3O. The van der Waals surface area contributed by atoms with Gasteiger partial charge in [-0.15, -0.1) is 0 Å². The Labute approximate surface area is 186 Å². The highest BCUT2D eigenvalue weighted by atomic mass is 16.1. The van der Waals surface area contributed by atoms with Gasteiger partial charge in [-0.1, -0.05) is 32.0 Å². The number of hydrogen-bond donors (Lipinski definition) is 1. The summed E-state index contributed by atoms with van der Waals surface area (Å²) < 4.78 is 0. The first-order valence-electron chi connectivity index (χ1n) is 11.1. The summed E-state index contributed by atoms with van der Waals surface area (Å²) >= 11 is 0. The van der Waals surface area contributed by atoms with Crippen molar-refractivity contribution in [1.29, 1.82) is 5.26 Å². The quantitative estimate of drug-likeness (QED) is 0.466. The van der Waals surface area contributed by atoms with Gasteiger partial charge in [0.2, 0.25) is 0 Å². The molecular weight excluding hydrogens is 382 g/mol. The molecule has 0 aliphatic carbocycles. The third kappa shape index (κ3) is 4.51. The van der Waals surface area contributed by atoms with Crippen molar-refractivity contribution in [3.8, 4) is 6.07 Å². The number of rotatable bonds is 5. The minimum atomic E-state index is -0.370.